The Morgan fingerprint density at radius 2 is 1.63 bits per heavy atom. The van der Waals surface area contributed by atoms with Gasteiger partial charge < -0.3 is 9.47 Å². The third-order valence-electron chi connectivity index (χ3n) is 2.99. The molecule has 152 valence electrons. The number of alkyl halides is 6. The van der Waals surface area contributed by atoms with Gasteiger partial charge in [0.1, 0.15) is 5.02 Å². The molecule has 1 unspecified atom stereocenters. The van der Waals surface area contributed by atoms with Gasteiger partial charge in [0.25, 0.3) is 6.17 Å². The molecule has 0 bridgehead atoms. The summed E-state index contributed by atoms with van der Waals surface area (Å²) in [5.41, 5.74) is 0. The summed E-state index contributed by atoms with van der Waals surface area (Å²) < 4.78 is 83.2. The highest BCUT2D eigenvalue weighted by Gasteiger charge is 2.57. The van der Waals surface area contributed by atoms with Crippen molar-refractivity contribution in [3.8, 4) is 5.75 Å². The molecule has 0 N–H and O–H groups in total. The fraction of sp³-hybridized carbons (Fsp3) is 0.467. The van der Waals surface area contributed by atoms with E-state index in [2.05, 4.69) is 4.74 Å². The van der Waals surface area contributed by atoms with E-state index in [1.165, 1.54) is 18.2 Å². The molecule has 27 heavy (non-hydrogen) atoms. The van der Waals surface area contributed by atoms with Gasteiger partial charge in [0.2, 0.25) is 0 Å². The average molecular weight is 441 g/mol. The minimum Gasteiger partial charge on any atom is -0.459 e. The average Bonchev–Trinajstić information content (AvgIpc) is 2.56. The molecule has 12 heteroatoms. The Bertz CT molecular complexity index is 681. The Labute approximate surface area is 159 Å². The van der Waals surface area contributed by atoms with Gasteiger partial charge in [-0.1, -0.05) is 29.3 Å². The second-order valence-corrected chi connectivity index (χ2v) is 5.99. The lowest BCUT2D eigenvalue weighted by molar-refractivity contribution is -0.254. The van der Waals surface area contributed by atoms with Crippen LogP contribution in [0.5, 0.6) is 5.75 Å². The van der Waals surface area contributed by atoms with E-state index in [0.29, 0.717) is 0 Å². The molecule has 1 rings (SSSR count). The minimum absolute atomic E-state index is 0.0143. The molecule has 0 heterocycles. The van der Waals surface area contributed by atoms with E-state index in [1.807, 2.05) is 0 Å². The van der Waals surface area contributed by atoms with Crippen LogP contribution in [-0.4, -0.2) is 36.8 Å². The summed E-state index contributed by atoms with van der Waals surface area (Å²) in [5, 5.41) is 0.121. The van der Waals surface area contributed by atoms with Gasteiger partial charge >= 0.3 is 24.0 Å². The molecule has 0 aliphatic heterocycles. The predicted octanol–water partition coefficient (Wildman–Crippen LogP) is 5.15. The number of carbonyl (C=O) groups is 2. The van der Waals surface area contributed by atoms with Gasteiger partial charge in [0.15, 0.2) is 12.4 Å². The highest BCUT2D eigenvalue weighted by molar-refractivity contribution is 6.43. The van der Waals surface area contributed by atoms with Crippen LogP contribution in [0.2, 0.25) is 10.0 Å². The maximum Gasteiger partial charge on any atom is 0.425 e. The van der Waals surface area contributed by atoms with Crippen LogP contribution < -0.4 is 4.74 Å². The van der Waals surface area contributed by atoms with Crippen LogP contribution in [0.3, 0.4) is 0 Å². The van der Waals surface area contributed by atoms with Crippen molar-refractivity contribution < 1.29 is 45.4 Å². The maximum absolute atomic E-state index is 13.0. The molecule has 0 spiro atoms. The zero-order valence-electron chi connectivity index (χ0n) is 13.3. The number of rotatable bonds is 8. The van der Waals surface area contributed by atoms with Crippen molar-refractivity contribution in [2.24, 2.45) is 0 Å². The molecule has 0 radical (unpaired) electrons. The van der Waals surface area contributed by atoms with Crippen molar-refractivity contribution >= 4 is 35.1 Å². The maximum atomic E-state index is 13.0. The normalized spacial score (nSPS) is 13.2. The van der Waals surface area contributed by atoms with Gasteiger partial charge in [-0.05, 0) is 18.6 Å². The second-order valence-electron chi connectivity index (χ2n) is 5.21. The van der Waals surface area contributed by atoms with Crippen molar-refractivity contribution in [1.82, 2.24) is 0 Å². The fourth-order valence-electron chi connectivity index (χ4n) is 1.68. The van der Waals surface area contributed by atoms with Crippen LogP contribution in [0.4, 0.5) is 26.3 Å². The van der Waals surface area contributed by atoms with E-state index in [4.69, 9.17) is 27.9 Å². The third kappa shape index (κ3) is 7.45. The van der Waals surface area contributed by atoms with Gasteiger partial charge in [-0.3, -0.25) is 9.59 Å². The summed E-state index contributed by atoms with van der Waals surface area (Å²) in [6.07, 6.45) is -11.4. The van der Waals surface area contributed by atoms with Crippen LogP contribution in [0.1, 0.15) is 19.3 Å². The lowest BCUT2D eigenvalue weighted by Gasteiger charge is -2.22. The summed E-state index contributed by atoms with van der Waals surface area (Å²) in [6.45, 7) is -2.07. The quantitative estimate of drug-likeness (QED) is 0.318. The van der Waals surface area contributed by atoms with Crippen LogP contribution in [0.25, 0.3) is 0 Å². The molecular formula is C15H12Cl2F6O4. The van der Waals surface area contributed by atoms with Gasteiger partial charge in [-0.25, -0.2) is 4.39 Å². The number of hydrogen-bond acceptors (Lipinski definition) is 4. The van der Waals surface area contributed by atoms with Crippen molar-refractivity contribution in [3.05, 3.63) is 28.2 Å². The van der Waals surface area contributed by atoms with E-state index in [1.54, 1.807) is 0 Å². The molecule has 0 aliphatic carbocycles. The highest BCUT2D eigenvalue weighted by atomic mass is 35.5. The molecule has 4 nitrogen and oxygen atoms in total. The molecule has 0 saturated heterocycles. The van der Waals surface area contributed by atoms with Gasteiger partial charge in [0.05, 0.1) is 5.02 Å². The molecule has 0 fully saturated rings. The van der Waals surface area contributed by atoms with E-state index in [9.17, 15) is 35.9 Å². The standard InChI is InChI=1S/C15H12Cl2F6O4/c16-8-3-1-4-9(12(8)17)27-11(25)6-2-5-10(24)26-7-14(19,20)13(18)15(21,22)23/h1,3-4,13H,2,5-7H2. The first-order chi connectivity index (χ1) is 12.3. The smallest absolute Gasteiger partial charge is 0.425 e. The third-order valence-corrected chi connectivity index (χ3v) is 3.79. The van der Waals surface area contributed by atoms with E-state index in [-0.39, 0.29) is 28.6 Å². The Hall–Kier alpha value is -1.68. The van der Waals surface area contributed by atoms with E-state index >= 15 is 0 Å². The summed E-state index contributed by atoms with van der Waals surface area (Å²) in [7, 11) is 0. The number of carbonyl (C=O) groups excluding carboxylic acids is 2. The zero-order chi connectivity index (χ0) is 20.8. The van der Waals surface area contributed by atoms with Crippen LogP contribution in [0, 0.1) is 0 Å². The van der Waals surface area contributed by atoms with Crippen molar-refractivity contribution in [2.45, 2.75) is 37.5 Å². The number of halogens is 8. The summed E-state index contributed by atoms with van der Waals surface area (Å²) in [6, 6.07) is 4.28. The Morgan fingerprint density at radius 3 is 2.22 bits per heavy atom. The first kappa shape index (κ1) is 23.4. The highest BCUT2D eigenvalue weighted by Crippen LogP contribution is 2.35. The summed E-state index contributed by atoms with van der Waals surface area (Å²) in [4.78, 5) is 22.9. The summed E-state index contributed by atoms with van der Waals surface area (Å²) >= 11 is 11.5. The number of ether oxygens (including phenoxy) is 2. The SMILES string of the molecule is O=C(CCCC(=O)Oc1cccc(Cl)c1Cl)OCC(F)(F)C(F)C(F)(F)F. The Morgan fingerprint density at radius 1 is 1.04 bits per heavy atom. The Kier molecular flexibility index (Phi) is 8.22. The number of benzene rings is 1. The molecule has 1 aromatic rings. The molecule has 0 aliphatic rings. The topological polar surface area (TPSA) is 52.6 Å². The minimum atomic E-state index is -5.79. The fourth-order valence-corrected chi connectivity index (χ4v) is 2.01. The summed E-state index contributed by atoms with van der Waals surface area (Å²) in [5.74, 6) is -7.09. The van der Waals surface area contributed by atoms with Crippen molar-refractivity contribution in [3.63, 3.8) is 0 Å². The first-order valence-corrected chi connectivity index (χ1v) is 7.99. The van der Waals surface area contributed by atoms with Crippen molar-refractivity contribution in [2.75, 3.05) is 6.61 Å². The number of esters is 2. The monoisotopic (exact) mass is 440 g/mol. The molecule has 0 aromatic heterocycles. The van der Waals surface area contributed by atoms with Gasteiger partial charge in [0, 0.05) is 12.8 Å². The molecule has 0 amide bonds. The number of hydrogen-bond donors (Lipinski definition) is 0. The lowest BCUT2D eigenvalue weighted by Crippen LogP contribution is -2.45. The predicted molar refractivity (Wildman–Crippen MR) is 82.8 cm³/mol. The van der Waals surface area contributed by atoms with E-state index < -0.39 is 43.2 Å². The van der Waals surface area contributed by atoms with Crippen LogP contribution in [-0.2, 0) is 14.3 Å². The molecular weight excluding hydrogens is 429 g/mol. The lowest BCUT2D eigenvalue weighted by atomic mass is 10.2. The molecule has 1 atom stereocenters. The van der Waals surface area contributed by atoms with Gasteiger partial charge in [-0.2, -0.15) is 22.0 Å². The Balaban J connectivity index is 2.38. The second kappa shape index (κ2) is 9.50. The van der Waals surface area contributed by atoms with Crippen LogP contribution in [0.15, 0.2) is 18.2 Å². The molecule has 0 saturated carbocycles. The molecule has 1 aromatic carbocycles. The van der Waals surface area contributed by atoms with E-state index in [0.717, 1.165) is 0 Å². The van der Waals surface area contributed by atoms with Gasteiger partial charge in [-0.15, -0.1) is 0 Å². The van der Waals surface area contributed by atoms with Crippen LogP contribution >= 0.6 is 23.2 Å². The van der Waals surface area contributed by atoms with Crippen molar-refractivity contribution in [1.29, 1.82) is 0 Å². The first-order valence-electron chi connectivity index (χ1n) is 7.23. The zero-order valence-corrected chi connectivity index (χ0v) is 14.8. The largest absolute Gasteiger partial charge is 0.459 e.